The zero-order valence-corrected chi connectivity index (χ0v) is 12.9. The van der Waals surface area contributed by atoms with Gasteiger partial charge in [-0.25, -0.2) is 0 Å². The van der Waals surface area contributed by atoms with Crippen molar-refractivity contribution >= 4 is 27.5 Å². The van der Waals surface area contributed by atoms with E-state index in [2.05, 4.69) is 27.8 Å². The standard InChI is InChI=1S/C13H20BrClN2O/c1-2-17(7-8-18)6-5-13(16)11-4-3-10(14)9-12(11)15/h3-4,9,13,18H,2,5-8,16H2,1H3. The Morgan fingerprint density at radius 3 is 2.72 bits per heavy atom. The lowest BCUT2D eigenvalue weighted by atomic mass is 10.0. The van der Waals surface area contributed by atoms with Crippen molar-refractivity contribution < 1.29 is 5.11 Å². The van der Waals surface area contributed by atoms with Gasteiger partial charge in [-0.2, -0.15) is 0 Å². The van der Waals surface area contributed by atoms with Crippen LogP contribution in [0.15, 0.2) is 22.7 Å². The lowest BCUT2D eigenvalue weighted by molar-refractivity contribution is 0.198. The number of likely N-dealkylation sites (N-methyl/N-ethyl adjacent to an activating group) is 1. The number of rotatable bonds is 7. The predicted octanol–water partition coefficient (Wildman–Crippen LogP) is 2.81. The first-order chi connectivity index (χ1) is 8.58. The Labute approximate surface area is 122 Å². The van der Waals surface area contributed by atoms with Crippen LogP contribution in [0.5, 0.6) is 0 Å². The van der Waals surface area contributed by atoms with Crippen molar-refractivity contribution in [2.24, 2.45) is 5.73 Å². The zero-order valence-electron chi connectivity index (χ0n) is 10.6. The topological polar surface area (TPSA) is 49.5 Å². The van der Waals surface area contributed by atoms with Gasteiger partial charge >= 0.3 is 0 Å². The highest BCUT2D eigenvalue weighted by atomic mass is 79.9. The molecule has 1 rings (SSSR count). The molecule has 18 heavy (non-hydrogen) atoms. The third-order valence-corrected chi connectivity index (χ3v) is 3.80. The normalized spacial score (nSPS) is 13.0. The number of benzene rings is 1. The molecule has 0 spiro atoms. The van der Waals surface area contributed by atoms with Crippen molar-refractivity contribution in [2.75, 3.05) is 26.2 Å². The van der Waals surface area contributed by atoms with Gasteiger partial charge in [-0.15, -0.1) is 0 Å². The Morgan fingerprint density at radius 1 is 1.44 bits per heavy atom. The van der Waals surface area contributed by atoms with E-state index in [1.165, 1.54) is 0 Å². The maximum Gasteiger partial charge on any atom is 0.0558 e. The third kappa shape index (κ3) is 4.86. The van der Waals surface area contributed by atoms with Gasteiger partial charge in [-0.05, 0) is 30.7 Å². The summed E-state index contributed by atoms with van der Waals surface area (Å²) in [5.41, 5.74) is 7.13. The van der Waals surface area contributed by atoms with Gasteiger partial charge in [0.25, 0.3) is 0 Å². The summed E-state index contributed by atoms with van der Waals surface area (Å²) in [5.74, 6) is 0. The van der Waals surface area contributed by atoms with Crippen molar-refractivity contribution in [1.82, 2.24) is 4.90 Å². The molecule has 0 saturated heterocycles. The molecule has 1 unspecified atom stereocenters. The molecule has 5 heteroatoms. The maximum absolute atomic E-state index is 8.93. The highest BCUT2D eigenvalue weighted by Crippen LogP contribution is 2.26. The van der Waals surface area contributed by atoms with Gasteiger partial charge in [0, 0.05) is 28.6 Å². The summed E-state index contributed by atoms with van der Waals surface area (Å²) in [7, 11) is 0. The first kappa shape index (κ1) is 15.9. The Bertz CT molecular complexity index is 376. The van der Waals surface area contributed by atoms with Crippen LogP contribution in [-0.2, 0) is 0 Å². The monoisotopic (exact) mass is 334 g/mol. The molecule has 3 N–H and O–H groups in total. The molecule has 1 atom stereocenters. The van der Waals surface area contributed by atoms with Crippen LogP contribution in [0.4, 0.5) is 0 Å². The summed E-state index contributed by atoms with van der Waals surface area (Å²) in [6, 6.07) is 5.70. The second kappa shape index (κ2) is 8.12. The van der Waals surface area contributed by atoms with Crippen LogP contribution in [0.3, 0.4) is 0 Å². The molecule has 0 aliphatic heterocycles. The van der Waals surface area contributed by atoms with E-state index < -0.39 is 0 Å². The van der Waals surface area contributed by atoms with Crippen LogP contribution in [0.1, 0.15) is 24.9 Å². The smallest absolute Gasteiger partial charge is 0.0558 e. The number of hydrogen-bond acceptors (Lipinski definition) is 3. The summed E-state index contributed by atoms with van der Waals surface area (Å²) >= 11 is 9.55. The van der Waals surface area contributed by atoms with E-state index in [-0.39, 0.29) is 12.6 Å². The van der Waals surface area contributed by atoms with Crippen LogP contribution < -0.4 is 5.73 Å². The molecule has 0 saturated carbocycles. The van der Waals surface area contributed by atoms with Crippen molar-refractivity contribution in [3.8, 4) is 0 Å². The van der Waals surface area contributed by atoms with Gasteiger partial charge in [0.1, 0.15) is 0 Å². The molecule has 1 aromatic rings. The molecule has 0 radical (unpaired) electrons. The summed E-state index contributed by atoms with van der Waals surface area (Å²) in [6.07, 6.45) is 0.829. The van der Waals surface area contributed by atoms with Crippen LogP contribution in [0.2, 0.25) is 5.02 Å². The minimum Gasteiger partial charge on any atom is -0.395 e. The molecule has 102 valence electrons. The summed E-state index contributed by atoms with van der Waals surface area (Å²) in [6.45, 7) is 4.74. The molecule has 3 nitrogen and oxygen atoms in total. The number of halogens is 2. The van der Waals surface area contributed by atoms with E-state index in [0.717, 1.165) is 29.5 Å². The molecule has 0 amide bonds. The highest BCUT2D eigenvalue weighted by molar-refractivity contribution is 9.10. The Morgan fingerprint density at radius 2 is 2.17 bits per heavy atom. The highest BCUT2D eigenvalue weighted by Gasteiger charge is 2.12. The van der Waals surface area contributed by atoms with Crippen LogP contribution in [-0.4, -0.2) is 36.2 Å². The first-order valence-corrected chi connectivity index (χ1v) is 7.29. The fourth-order valence-corrected chi connectivity index (χ4v) is 2.66. The van der Waals surface area contributed by atoms with Crippen molar-refractivity contribution in [3.63, 3.8) is 0 Å². The van der Waals surface area contributed by atoms with Crippen molar-refractivity contribution in [1.29, 1.82) is 0 Å². The maximum atomic E-state index is 8.93. The SMILES string of the molecule is CCN(CCO)CCC(N)c1ccc(Br)cc1Cl. The van der Waals surface area contributed by atoms with E-state index in [1.54, 1.807) is 0 Å². The third-order valence-electron chi connectivity index (χ3n) is 2.98. The predicted molar refractivity (Wildman–Crippen MR) is 79.9 cm³/mol. The number of aliphatic hydroxyl groups is 1. The van der Waals surface area contributed by atoms with E-state index >= 15 is 0 Å². The Balaban J connectivity index is 2.56. The molecular weight excluding hydrogens is 316 g/mol. The minimum atomic E-state index is -0.0710. The Hall–Kier alpha value is -0.130. The fraction of sp³-hybridized carbons (Fsp3) is 0.538. The number of hydrogen-bond donors (Lipinski definition) is 2. The number of nitrogens with zero attached hydrogens (tertiary/aromatic N) is 1. The summed E-state index contributed by atoms with van der Waals surface area (Å²) in [5, 5.41) is 9.62. The molecule has 0 heterocycles. The van der Waals surface area contributed by atoms with E-state index in [1.807, 2.05) is 18.2 Å². The van der Waals surface area contributed by atoms with E-state index in [4.69, 9.17) is 22.4 Å². The molecular formula is C13H20BrClN2O. The van der Waals surface area contributed by atoms with Gasteiger partial charge in [-0.1, -0.05) is 40.5 Å². The summed E-state index contributed by atoms with van der Waals surface area (Å²) < 4.78 is 0.957. The molecule has 1 aromatic carbocycles. The minimum absolute atomic E-state index is 0.0710. The fourth-order valence-electron chi connectivity index (χ4n) is 1.85. The zero-order chi connectivity index (χ0) is 13.5. The second-order valence-electron chi connectivity index (χ2n) is 4.22. The molecule has 0 aliphatic carbocycles. The van der Waals surface area contributed by atoms with Crippen molar-refractivity contribution in [2.45, 2.75) is 19.4 Å². The van der Waals surface area contributed by atoms with Crippen LogP contribution in [0, 0.1) is 0 Å². The van der Waals surface area contributed by atoms with Crippen molar-refractivity contribution in [3.05, 3.63) is 33.3 Å². The molecule has 0 bridgehead atoms. The lowest BCUT2D eigenvalue weighted by Crippen LogP contribution is -2.30. The quantitative estimate of drug-likeness (QED) is 0.805. The van der Waals surface area contributed by atoms with Crippen LogP contribution >= 0.6 is 27.5 Å². The Kier molecular flexibility index (Phi) is 7.19. The summed E-state index contributed by atoms with van der Waals surface area (Å²) in [4.78, 5) is 2.17. The van der Waals surface area contributed by atoms with Gasteiger partial charge in [0.15, 0.2) is 0 Å². The number of nitrogens with two attached hydrogens (primary N) is 1. The van der Waals surface area contributed by atoms with Gasteiger partial charge < -0.3 is 15.7 Å². The average Bonchev–Trinajstić information content (AvgIpc) is 2.34. The average molecular weight is 336 g/mol. The van der Waals surface area contributed by atoms with E-state index in [0.29, 0.717) is 11.6 Å². The van der Waals surface area contributed by atoms with Gasteiger partial charge in [0.05, 0.1) is 6.61 Å². The first-order valence-electron chi connectivity index (χ1n) is 6.12. The molecule has 0 fully saturated rings. The van der Waals surface area contributed by atoms with E-state index in [9.17, 15) is 0 Å². The molecule has 0 aromatic heterocycles. The lowest BCUT2D eigenvalue weighted by Gasteiger charge is -2.22. The number of aliphatic hydroxyl groups excluding tert-OH is 1. The molecule has 0 aliphatic rings. The van der Waals surface area contributed by atoms with Gasteiger partial charge in [-0.3, -0.25) is 0 Å². The van der Waals surface area contributed by atoms with Gasteiger partial charge in [0.2, 0.25) is 0 Å². The van der Waals surface area contributed by atoms with Crippen LogP contribution in [0.25, 0.3) is 0 Å². The second-order valence-corrected chi connectivity index (χ2v) is 5.54. The largest absolute Gasteiger partial charge is 0.395 e.